The first-order valence-corrected chi connectivity index (χ1v) is 8.50. The zero-order valence-electron chi connectivity index (χ0n) is 11.0. The molecule has 2 rings (SSSR count). The van der Waals surface area contributed by atoms with E-state index >= 15 is 0 Å². The molecule has 23 heavy (non-hydrogen) atoms. The average Bonchev–Trinajstić information content (AvgIpc) is 2.82. The lowest BCUT2D eigenvalue weighted by Gasteiger charge is -1.92. The molecule has 0 saturated carbocycles. The normalized spacial score (nSPS) is 10.6. The summed E-state index contributed by atoms with van der Waals surface area (Å²) in [6, 6.07) is 7.14. The highest BCUT2D eigenvalue weighted by atomic mass is 35.5. The summed E-state index contributed by atoms with van der Waals surface area (Å²) in [5, 5.41) is 10.8. The minimum absolute atomic E-state index is 0.280. The molecule has 0 bridgehead atoms. The van der Waals surface area contributed by atoms with Gasteiger partial charge in [-0.1, -0.05) is 23.2 Å². The predicted octanol–water partition coefficient (Wildman–Crippen LogP) is 3.00. The van der Waals surface area contributed by atoms with Crippen LogP contribution in [0.2, 0.25) is 9.36 Å². The largest absolute Gasteiger partial charge is 0.366 e. The van der Waals surface area contributed by atoms with Crippen LogP contribution in [0.15, 0.2) is 34.5 Å². The number of nitro groups is 1. The first kappa shape index (κ1) is 19.3. The lowest BCUT2D eigenvalue weighted by molar-refractivity contribution is -0.384. The molecule has 1 heterocycles. The van der Waals surface area contributed by atoms with Crippen LogP contribution in [0.1, 0.15) is 10.4 Å². The van der Waals surface area contributed by atoms with Gasteiger partial charge in [0.05, 0.1) is 4.92 Å². The molecule has 0 radical (unpaired) electrons. The van der Waals surface area contributed by atoms with Gasteiger partial charge in [-0.15, -0.1) is 11.3 Å². The highest BCUT2D eigenvalue weighted by Gasteiger charge is 2.23. The second-order valence-corrected chi connectivity index (χ2v) is 7.57. The van der Waals surface area contributed by atoms with Crippen LogP contribution < -0.4 is 5.73 Å². The smallest absolute Gasteiger partial charge is 0.304 e. The lowest BCUT2D eigenvalue weighted by atomic mass is 10.2. The molecule has 1 aromatic heterocycles. The maximum atomic E-state index is 10.5. The van der Waals surface area contributed by atoms with Crippen molar-refractivity contribution in [1.82, 2.24) is 0 Å². The van der Waals surface area contributed by atoms with Gasteiger partial charge in [0.1, 0.15) is 0 Å². The van der Waals surface area contributed by atoms with Crippen LogP contribution in [0.5, 0.6) is 0 Å². The maximum absolute atomic E-state index is 10.5. The van der Waals surface area contributed by atoms with E-state index in [1.54, 1.807) is 24.3 Å². The quantitative estimate of drug-likeness (QED) is 0.462. The number of benzene rings is 1. The Morgan fingerprint density at radius 3 is 2.09 bits per heavy atom. The Morgan fingerprint density at radius 2 is 1.78 bits per heavy atom. The molecule has 0 unspecified atom stereocenters. The summed E-state index contributed by atoms with van der Waals surface area (Å²) in [4.78, 5) is 19.9. The van der Waals surface area contributed by atoms with Crippen LogP contribution in [-0.2, 0) is 10.1 Å². The van der Waals surface area contributed by atoms with Crippen molar-refractivity contribution in [3.05, 3.63) is 55.4 Å². The van der Waals surface area contributed by atoms with E-state index in [4.69, 9.17) is 33.5 Å². The van der Waals surface area contributed by atoms with Crippen molar-refractivity contribution in [3.8, 4) is 0 Å². The van der Waals surface area contributed by atoms with Gasteiger partial charge in [-0.3, -0.25) is 19.5 Å². The molecule has 124 valence electrons. The molecule has 0 aliphatic heterocycles. The van der Waals surface area contributed by atoms with E-state index < -0.39 is 30.8 Å². The highest BCUT2D eigenvalue weighted by Crippen LogP contribution is 2.35. The molecule has 3 N–H and O–H groups in total. The number of amides is 1. The Hall–Kier alpha value is -1.72. The van der Waals surface area contributed by atoms with E-state index in [0.717, 1.165) is 0 Å². The summed E-state index contributed by atoms with van der Waals surface area (Å²) in [5.41, 5.74) is 4.93. The van der Waals surface area contributed by atoms with Gasteiger partial charge in [-0.25, -0.2) is 0 Å². The molecular formula is C11H8Cl2N2O6S2. The van der Waals surface area contributed by atoms with Crippen LogP contribution in [0.3, 0.4) is 0 Å². The standard InChI is InChI=1S/C7H6ClNO.C4H2ClNO5S2/c8-6-3-1-5(2-4-6)7(9)10;5-4-2(6(7)8)1-3(12-4)13(9,10)11/h1-4H,(H2,9,10);1H,(H,9,10,11). The number of carbonyl (C=O) groups excluding carboxylic acids is 1. The van der Waals surface area contributed by atoms with Crippen molar-refractivity contribution in [2.45, 2.75) is 4.21 Å². The Morgan fingerprint density at radius 1 is 1.26 bits per heavy atom. The number of nitrogens with zero attached hydrogens (tertiary/aromatic N) is 1. The molecule has 0 atom stereocenters. The van der Waals surface area contributed by atoms with Crippen LogP contribution in [0, 0.1) is 10.1 Å². The minimum Gasteiger partial charge on any atom is -0.366 e. The number of thiophene rings is 1. The van der Waals surface area contributed by atoms with Crippen LogP contribution in [-0.4, -0.2) is 23.8 Å². The summed E-state index contributed by atoms with van der Waals surface area (Å²) < 4.78 is 28.7. The summed E-state index contributed by atoms with van der Waals surface area (Å²) in [6.07, 6.45) is 0. The number of hydrogen-bond donors (Lipinski definition) is 2. The van der Waals surface area contributed by atoms with Crippen molar-refractivity contribution in [3.63, 3.8) is 0 Å². The third-order valence-electron chi connectivity index (χ3n) is 2.23. The van der Waals surface area contributed by atoms with E-state index in [2.05, 4.69) is 0 Å². The first-order valence-electron chi connectivity index (χ1n) is 5.49. The van der Waals surface area contributed by atoms with Gasteiger partial charge in [-0.05, 0) is 24.3 Å². The van der Waals surface area contributed by atoms with Crippen molar-refractivity contribution < 1.29 is 22.7 Å². The van der Waals surface area contributed by atoms with E-state index in [9.17, 15) is 23.3 Å². The molecular weight excluding hydrogens is 391 g/mol. The first-order chi connectivity index (χ1) is 10.5. The summed E-state index contributed by atoms with van der Waals surface area (Å²) in [6.45, 7) is 0. The number of nitrogens with two attached hydrogens (primary N) is 1. The van der Waals surface area contributed by atoms with Gasteiger partial charge in [0.25, 0.3) is 5.69 Å². The van der Waals surface area contributed by atoms with Crippen LogP contribution >= 0.6 is 34.5 Å². The predicted molar refractivity (Wildman–Crippen MR) is 85.8 cm³/mol. The van der Waals surface area contributed by atoms with Crippen molar-refractivity contribution >= 4 is 56.3 Å². The van der Waals surface area contributed by atoms with Gasteiger partial charge in [0.15, 0.2) is 8.55 Å². The summed E-state index contributed by atoms with van der Waals surface area (Å²) in [5.74, 6) is -0.434. The SMILES string of the molecule is NC(=O)c1ccc(Cl)cc1.O=[N+]([O-])c1cc(S(=O)(=O)O)sc1Cl. The van der Waals surface area contributed by atoms with Gasteiger partial charge in [0, 0.05) is 16.7 Å². The molecule has 0 fully saturated rings. The minimum atomic E-state index is -4.41. The monoisotopic (exact) mass is 398 g/mol. The summed E-state index contributed by atoms with van der Waals surface area (Å²) >= 11 is 11.3. The molecule has 0 aliphatic carbocycles. The van der Waals surface area contributed by atoms with Crippen LogP contribution in [0.4, 0.5) is 5.69 Å². The molecule has 0 spiro atoms. The number of rotatable bonds is 3. The Bertz CT molecular complexity index is 833. The number of carbonyl (C=O) groups is 1. The molecule has 1 aromatic carbocycles. The molecule has 2 aromatic rings. The van der Waals surface area contributed by atoms with E-state index in [1.165, 1.54) is 0 Å². The second-order valence-electron chi connectivity index (χ2n) is 3.83. The third kappa shape index (κ3) is 5.77. The van der Waals surface area contributed by atoms with E-state index in [1.807, 2.05) is 0 Å². The van der Waals surface area contributed by atoms with E-state index in [0.29, 0.717) is 28.0 Å². The second kappa shape index (κ2) is 7.70. The molecule has 1 amide bonds. The third-order valence-corrected chi connectivity index (χ3v) is 5.12. The number of halogens is 2. The van der Waals surface area contributed by atoms with Gasteiger partial charge in [0.2, 0.25) is 5.91 Å². The Kier molecular flexibility index (Phi) is 6.47. The molecule has 8 nitrogen and oxygen atoms in total. The Labute approximate surface area is 144 Å². The zero-order chi connectivity index (χ0) is 17.8. The van der Waals surface area contributed by atoms with Gasteiger partial charge < -0.3 is 5.73 Å². The summed E-state index contributed by atoms with van der Waals surface area (Å²) in [7, 11) is -4.41. The van der Waals surface area contributed by atoms with Crippen molar-refractivity contribution in [2.75, 3.05) is 0 Å². The van der Waals surface area contributed by atoms with Gasteiger partial charge >= 0.3 is 10.1 Å². The van der Waals surface area contributed by atoms with Crippen molar-refractivity contribution in [1.29, 1.82) is 0 Å². The topological polar surface area (TPSA) is 141 Å². The van der Waals surface area contributed by atoms with Crippen LogP contribution in [0.25, 0.3) is 0 Å². The molecule has 0 saturated heterocycles. The molecule has 0 aliphatic rings. The van der Waals surface area contributed by atoms with Crippen molar-refractivity contribution in [2.24, 2.45) is 5.73 Å². The number of hydrogen-bond acceptors (Lipinski definition) is 6. The highest BCUT2D eigenvalue weighted by molar-refractivity contribution is 7.88. The Balaban J connectivity index is 0.000000238. The fourth-order valence-corrected chi connectivity index (χ4v) is 3.36. The maximum Gasteiger partial charge on any atom is 0.304 e. The fraction of sp³-hybridized carbons (Fsp3) is 0. The fourth-order valence-electron chi connectivity index (χ4n) is 1.20. The molecule has 12 heteroatoms. The lowest BCUT2D eigenvalue weighted by Crippen LogP contribution is -2.10. The number of primary amides is 1. The zero-order valence-corrected chi connectivity index (χ0v) is 14.1. The van der Waals surface area contributed by atoms with E-state index in [-0.39, 0.29) is 4.34 Å². The van der Waals surface area contributed by atoms with Gasteiger partial charge in [-0.2, -0.15) is 8.42 Å². The average molecular weight is 399 g/mol.